The van der Waals surface area contributed by atoms with Crippen LogP contribution in [-0.4, -0.2) is 19.4 Å². The lowest BCUT2D eigenvalue weighted by Gasteiger charge is -2.03. The first kappa shape index (κ1) is 17.7. The van der Waals surface area contributed by atoms with Crippen LogP contribution in [0.1, 0.15) is 36.6 Å². The molecule has 0 spiro atoms. The van der Waals surface area contributed by atoms with E-state index < -0.39 is 4.92 Å². The molecule has 3 aromatic rings. The number of aromatic nitrogens is 2. The number of aliphatic hydroxyl groups excluding tert-OH is 1. The Morgan fingerprint density at radius 1 is 1.27 bits per heavy atom. The number of rotatable bonds is 5. The molecule has 26 heavy (non-hydrogen) atoms. The highest BCUT2D eigenvalue weighted by molar-refractivity contribution is 5.56. The van der Waals surface area contributed by atoms with E-state index in [1.54, 1.807) is 28.8 Å². The van der Waals surface area contributed by atoms with Crippen molar-refractivity contribution in [2.24, 2.45) is 10.2 Å². The Labute approximate surface area is 150 Å². The van der Waals surface area contributed by atoms with Crippen LogP contribution in [0.25, 0.3) is 5.65 Å². The molecule has 8 heteroatoms. The maximum Gasteiger partial charge on any atom is 0.271 e. The summed E-state index contributed by atoms with van der Waals surface area (Å²) in [5.74, 6) is 0.693. The lowest BCUT2D eigenvalue weighted by atomic mass is 10.1. The summed E-state index contributed by atoms with van der Waals surface area (Å²) in [6, 6.07) is 8.08. The van der Waals surface area contributed by atoms with Gasteiger partial charge in [-0.25, -0.2) is 4.98 Å². The number of aryl methyl sites for hydroxylation is 1. The predicted molar refractivity (Wildman–Crippen MR) is 97.2 cm³/mol. The molecule has 1 aromatic carbocycles. The Morgan fingerprint density at radius 2 is 2.04 bits per heavy atom. The SMILES string of the molecule is Cc1ccc([N+](=O)[O-])cc1N=Nc1c(C(C)C)nc2cc(CO)ccn12. The van der Waals surface area contributed by atoms with E-state index in [0.717, 1.165) is 16.8 Å². The van der Waals surface area contributed by atoms with Crippen LogP contribution in [0.4, 0.5) is 17.2 Å². The first-order valence-electron chi connectivity index (χ1n) is 8.19. The summed E-state index contributed by atoms with van der Waals surface area (Å²) in [4.78, 5) is 15.1. The Kier molecular flexibility index (Phi) is 4.77. The lowest BCUT2D eigenvalue weighted by molar-refractivity contribution is -0.384. The maximum atomic E-state index is 11.0. The minimum absolute atomic E-state index is 0.0284. The molecule has 134 valence electrons. The average molecular weight is 353 g/mol. The topological polar surface area (TPSA) is 105 Å². The third-order valence-corrected chi connectivity index (χ3v) is 4.08. The number of hydrogen-bond donors (Lipinski definition) is 1. The molecule has 0 aliphatic carbocycles. The summed E-state index contributed by atoms with van der Waals surface area (Å²) in [7, 11) is 0. The van der Waals surface area contributed by atoms with Gasteiger partial charge in [0.25, 0.3) is 5.69 Å². The molecular formula is C18H19N5O3. The van der Waals surface area contributed by atoms with Crippen molar-refractivity contribution in [3.8, 4) is 0 Å². The molecule has 0 amide bonds. The summed E-state index contributed by atoms with van der Waals surface area (Å²) in [6.45, 7) is 5.77. The summed E-state index contributed by atoms with van der Waals surface area (Å²) in [6.07, 6.45) is 1.79. The van der Waals surface area contributed by atoms with E-state index in [0.29, 0.717) is 17.2 Å². The Morgan fingerprint density at radius 3 is 2.69 bits per heavy atom. The predicted octanol–water partition coefficient (Wildman–Crippen LogP) is 4.58. The number of fused-ring (bicyclic) bond motifs is 1. The molecule has 0 unspecified atom stereocenters. The van der Waals surface area contributed by atoms with Gasteiger partial charge in [0.1, 0.15) is 5.65 Å². The van der Waals surface area contributed by atoms with E-state index in [1.807, 2.05) is 20.8 Å². The summed E-state index contributed by atoms with van der Waals surface area (Å²) < 4.78 is 1.80. The Bertz CT molecular complexity index is 1010. The van der Waals surface area contributed by atoms with Crippen molar-refractivity contribution >= 4 is 22.8 Å². The summed E-state index contributed by atoms with van der Waals surface area (Å²) >= 11 is 0. The second-order valence-corrected chi connectivity index (χ2v) is 6.32. The number of hydrogen-bond acceptors (Lipinski definition) is 6. The van der Waals surface area contributed by atoms with Gasteiger partial charge in [0.05, 0.1) is 22.9 Å². The van der Waals surface area contributed by atoms with Crippen LogP contribution >= 0.6 is 0 Å². The van der Waals surface area contributed by atoms with Gasteiger partial charge in [0.15, 0.2) is 5.82 Å². The van der Waals surface area contributed by atoms with E-state index in [2.05, 4.69) is 15.2 Å². The highest BCUT2D eigenvalue weighted by Gasteiger charge is 2.16. The number of non-ortho nitro benzene ring substituents is 1. The van der Waals surface area contributed by atoms with Gasteiger partial charge in [-0.15, -0.1) is 10.2 Å². The van der Waals surface area contributed by atoms with Crippen LogP contribution in [-0.2, 0) is 6.61 Å². The molecule has 0 saturated heterocycles. The van der Waals surface area contributed by atoms with Crippen molar-refractivity contribution in [1.82, 2.24) is 9.38 Å². The maximum absolute atomic E-state index is 11.0. The number of azo groups is 1. The van der Waals surface area contributed by atoms with Crippen LogP contribution in [0.5, 0.6) is 0 Å². The van der Waals surface area contributed by atoms with Crippen molar-refractivity contribution in [3.05, 3.63) is 63.5 Å². The Hall–Kier alpha value is -3.13. The zero-order valence-corrected chi connectivity index (χ0v) is 14.7. The fraction of sp³-hybridized carbons (Fsp3) is 0.278. The molecular weight excluding hydrogens is 334 g/mol. The minimum atomic E-state index is -0.456. The van der Waals surface area contributed by atoms with Gasteiger partial charge in [-0.05, 0) is 36.1 Å². The molecule has 0 radical (unpaired) electrons. The number of imidazole rings is 1. The second-order valence-electron chi connectivity index (χ2n) is 6.32. The third kappa shape index (κ3) is 3.31. The minimum Gasteiger partial charge on any atom is -0.392 e. The van der Waals surface area contributed by atoms with E-state index in [1.165, 1.54) is 12.1 Å². The van der Waals surface area contributed by atoms with Crippen molar-refractivity contribution in [1.29, 1.82) is 0 Å². The number of pyridine rings is 1. The molecule has 8 nitrogen and oxygen atoms in total. The van der Waals surface area contributed by atoms with Gasteiger partial charge in [-0.3, -0.25) is 14.5 Å². The van der Waals surface area contributed by atoms with E-state index in [4.69, 9.17) is 0 Å². The molecule has 0 aliphatic rings. The van der Waals surface area contributed by atoms with Gasteiger partial charge < -0.3 is 5.11 Å². The van der Waals surface area contributed by atoms with E-state index >= 15 is 0 Å². The molecule has 0 bridgehead atoms. The van der Waals surface area contributed by atoms with Crippen LogP contribution in [0, 0.1) is 17.0 Å². The highest BCUT2D eigenvalue weighted by Crippen LogP contribution is 2.31. The van der Waals surface area contributed by atoms with Gasteiger partial charge in [0.2, 0.25) is 0 Å². The quantitative estimate of drug-likeness (QED) is 0.411. The van der Waals surface area contributed by atoms with Crippen molar-refractivity contribution < 1.29 is 10.0 Å². The number of nitro groups is 1. The van der Waals surface area contributed by atoms with Crippen LogP contribution in [0.15, 0.2) is 46.8 Å². The third-order valence-electron chi connectivity index (χ3n) is 4.08. The average Bonchev–Trinajstić information content (AvgIpc) is 2.98. The van der Waals surface area contributed by atoms with Crippen LogP contribution in [0.2, 0.25) is 0 Å². The Balaban J connectivity index is 2.10. The molecule has 0 atom stereocenters. The number of nitro benzene ring substituents is 1. The fourth-order valence-corrected chi connectivity index (χ4v) is 2.60. The largest absolute Gasteiger partial charge is 0.392 e. The lowest BCUT2D eigenvalue weighted by Crippen LogP contribution is -1.89. The zero-order valence-electron chi connectivity index (χ0n) is 14.7. The summed E-state index contributed by atoms with van der Waals surface area (Å²) in [5.41, 5.74) is 3.41. The normalized spacial score (nSPS) is 11.7. The van der Waals surface area contributed by atoms with Crippen LogP contribution in [0.3, 0.4) is 0 Å². The van der Waals surface area contributed by atoms with Gasteiger partial charge in [-0.1, -0.05) is 19.9 Å². The molecule has 2 heterocycles. The number of aliphatic hydroxyl groups is 1. The van der Waals surface area contributed by atoms with Crippen molar-refractivity contribution in [2.45, 2.75) is 33.3 Å². The van der Waals surface area contributed by atoms with Crippen LogP contribution < -0.4 is 0 Å². The first-order chi connectivity index (χ1) is 12.4. The van der Waals surface area contributed by atoms with Gasteiger partial charge >= 0.3 is 0 Å². The monoisotopic (exact) mass is 353 g/mol. The van der Waals surface area contributed by atoms with Crippen molar-refractivity contribution in [2.75, 3.05) is 0 Å². The van der Waals surface area contributed by atoms with Gasteiger partial charge in [0, 0.05) is 18.3 Å². The fourth-order valence-electron chi connectivity index (χ4n) is 2.60. The van der Waals surface area contributed by atoms with Gasteiger partial charge in [-0.2, -0.15) is 0 Å². The molecule has 0 aliphatic heterocycles. The smallest absolute Gasteiger partial charge is 0.271 e. The molecule has 0 saturated carbocycles. The first-order valence-corrected chi connectivity index (χ1v) is 8.19. The molecule has 2 aromatic heterocycles. The standard InChI is InChI=1S/C18H19N5O3/c1-11(2)17-18(22-7-6-13(10-24)8-16(22)19-17)21-20-15-9-14(23(25)26)5-4-12(15)3/h4-9,11,24H,10H2,1-3H3. The highest BCUT2D eigenvalue weighted by atomic mass is 16.6. The van der Waals surface area contributed by atoms with E-state index in [9.17, 15) is 15.2 Å². The zero-order chi connectivity index (χ0) is 18.8. The number of benzene rings is 1. The molecule has 0 fully saturated rings. The second kappa shape index (κ2) is 7.01. The van der Waals surface area contributed by atoms with Crippen molar-refractivity contribution in [3.63, 3.8) is 0 Å². The molecule has 3 rings (SSSR count). The molecule has 1 N–H and O–H groups in total. The summed E-state index contributed by atoms with van der Waals surface area (Å²) in [5, 5.41) is 28.9. The van der Waals surface area contributed by atoms with E-state index in [-0.39, 0.29) is 18.2 Å². The number of nitrogens with zero attached hydrogens (tertiary/aromatic N) is 5.